The van der Waals surface area contributed by atoms with Crippen molar-refractivity contribution in [3.8, 4) is 0 Å². The van der Waals surface area contributed by atoms with Crippen molar-refractivity contribution in [2.75, 3.05) is 5.75 Å². The van der Waals surface area contributed by atoms with E-state index in [1.807, 2.05) is 0 Å². The Morgan fingerprint density at radius 3 is 2.71 bits per heavy atom. The Bertz CT molecular complexity index is 312. The molecule has 6 heteroatoms. The molecular formula is C11H19N3O2S. The molecule has 2 fully saturated rings. The van der Waals surface area contributed by atoms with Crippen LogP contribution in [0.15, 0.2) is 5.16 Å². The van der Waals surface area contributed by atoms with Gasteiger partial charge in [0.05, 0.1) is 11.3 Å². The van der Waals surface area contributed by atoms with Gasteiger partial charge in [-0.05, 0) is 37.4 Å². The van der Waals surface area contributed by atoms with E-state index in [9.17, 15) is 4.79 Å². The first-order valence-electron chi connectivity index (χ1n) is 6.11. The standard InChI is InChI=1S/C11H19N3O2S/c12-10(14-16)9(7-4-5-7)13-11(15)8-3-1-2-6-17-8/h7-9,16H,1-6H2,(H2,12,14)(H,13,15). The molecule has 0 spiro atoms. The van der Waals surface area contributed by atoms with Gasteiger partial charge in [0.2, 0.25) is 5.91 Å². The van der Waals surface area contributed by atoms with E-state index in [1.54, 1.807) is 11.8 Å². The van der Waals surface area contributed by atoms with Crippen molar-refractivity contribution in [3.05, 3.63) is 0 Å². The number of hydrogen-bond donors (Lipinski definition) is 3. The van der Waals surface area contributed by atoms with Crippen LogP contribution in [-0.2, 0) is 4.79 Å². The van der Waals surface area contributed by atoms with Gasteiger partial charge in [0.15, 0.2) is 5.84 Å². The van der Waals surface area contributed by atoms with Crippen LogP contribution in [0.3, 0.4) is 0 Å². The molecule has 4 N–H and O–H groups in total. The number of nitrogens with one attached hydrogen (secondary N) is 1. The maximum absolute atomic E-state index is 12.0. The third-order valence-electron chi connectivity index (χ3n) is 3.30. The van der Waals surface area contributed by atoms with E-state index in [-0.39, 0.29) is 23.0 Å². The highest BCUT2D eigenvalue weighted by molar-refractivity contribution is 8.00. The van der Waals surface area contributed by atoms with E-state index in [0.29, 0.717) is 5.92 Å². The molecule has 1 aliphatic heterocycles. The fraction of sp³-hybridized carbons (Fsp3) is 0.818. The summed E-state index contributed by atoms with van der Waals surface area (Å²) in [6, 6.07) is -0.282. The monoisotopic (exact) mass is 257 g/mol. The highest BCUT2D eigenvalue weighted by Gasteiger charge is 2.36. The average Bonchev–Trinajstić information content (AvgIpc) is 3.20. The molecule has 0 radical (unpaired) electrons. The number of carbonyl (C=O) groups excluding carboxylic acids is 1. The predicted molar refractivity (Wildman–Crippen MR) is 68.2 cm³/mol. The van der Waals surface area contributed by atoms with Crippen LogP contribution in [0.2, 0.25) is 0 Å². The van der Waals surface area contributed by atoms with Crippen molar-refractivity contribution in [1.29, 1.82) is 0 Å². The van der Waals surface area contributed by atoms with Crippen LogP contribution in [0, 0.1) is 5.92 Å². The zero-order chi connectivity index (χ0) is 12.3. The lowest BCUT2D eigenvalue weighted by Gasteiger charge is -2.24. The van der Waals surface area contributed by atoms with Gasteiger partial charge in [0.1, 0.15) is 0 Å². The number of oxime groups is 1. The number of amides is 1. The lowest BCUT2D eigenvalue weighted by molar-refractivity contribution is -0.121. The predicted octanol–water partition coefficient (Wildman–Crippen LogP) is 0.913. The Kier molecular flexibility index (Phi) is 4.15. The molecule has 1 aliphatic carbocycles. The Labute approximate surface area is 105 Å². The van der Waals surface area contributed by atoms with Crippen molar-refractivity contribution >= 4 is 23.5 Å². The fourth-order valence-corrected chi connectivity index (χ4v) is 3.33. The zero-order valence-electron chi connectivity index (χ0n) is 9.76. The van der Waals surface area contributed by atoms with Crippen molar-refractivity contribution < 1.29 is 10.0 Å². The maximum atomic E-state index is 12.0. The summed E-state index contributed by atoms with van der Waals surface area (Å²) in [5.41, 5.74) is 5.61. The minimum absolute atomic E-state index is 0.0384. The summed E-state index contributed by atoms with van der Waals surface area (Å²) in [7, 11) is 0. The first kappa shape index (κ1) is 12.5. The van der Waals surface area contributed by atoms with Crippen molar-refractivity contribution in [3.63, 3.8) is 0 Å². The lowest BCUT2D eigenvalue weighted by Crippen LogP contribution is -2.49. The van der Waals surface area contributed by atoms with E-state index < -0.39 is 0 Å². The first-order valence-corrected chi connectivity index (χ1v) is 7.16. The largest absolute Gasteiger partial charge is 0.409 e. The van der Waals surface area contributed by atoms with Crippen LogP contribution in [-0.4, -0.2) is 34.0 Å². The number of nitrogens with zero attached hydrogens (tertiary/aromatic N) is 1. The fourth-order valence-electron chi connectivity index (χ4n) is 2.12. The number of hydrogen-bond acceptors (Lipinski definition) is 4. The molecule has 96 valence electrons. The minimum atomic E-state index is -0.282. The summed E-state index contributed by atoms with van der Waals surface area (Å²) in [5, 5.41) is 14.7. The van der Waals surface area contributed by atoms with Crippen LogP contribution in [0.5, 0.6) is 0 Å². The number of nitrogens with two attached hydrogens (primary N) is 1. The molecular weight excluding hydrogens is 238 g/mol. The second kappa shape index (κ2) is 5.62. The Balaban J connectivity index is 1.90. The first-order chi connectivity index (χ1) is 8.22. The van der Waals surface area contributed by atoms with Gasteiger partial charge in [-0.25, -0.2) is 0 Å². The minimum Gasteiger partial charge on any atom is -0.409 e. The molecule has 2 atom stereocenters. The molecule has 1 saturated heterocycles. The number of amidine groups is 1. The number of carbonyl (C=O) groups is 1. The molecule has 2 aliphatic rings. The molecule has 1 saturated carbocycles. The molecule has 0 bridgehead atoms. The molecule has 17 heavy (non-hydrogen) atoms. The van der Waals surface area contributed by atoms with E-state index in [2.05, 4.69) is 10.5 Å². The van der Waals surface area contributed by atoms with Crippen LogP contribution in [0.1, 0.15) is 32.1 Å². The molecule has 0 aromatic carbocycles. The molecule has 1 amide bonds. The van der Waals surface area contributed by atoms with E-state index in [0.717, 1.165) is 31.4 Å². The van der Waals surface area contributed by atoms with Gasteiger partial charge in [-0.1, -0.05) is 11.6 Å². The van der Waals surface area contributed by atoms with Gasteiger partial charge in [-0.2, -0.15) is 0 Å². The van der Waals surface area contributed by atoms with E-state index in [4.69, 9.17) is 10.9 Å². The molecule has 0 aromatic rings. The quantitative estimate of drug-likeness (QED) is 0.302. The SMILES string of the molecule is NC(=NO)C(NC(=O)C1CCCCS1)C1CC1. The molecule has 2 rings (SSSR count). The van der Waals surface area contributed by atoms with Gasteiger partial charge >= 0.3 is 0 Å². The van der Waals surface area contributed by atoms with Crippen molar-refractivity contribution in [1.82, 2.24) is 5.32 Å². The van der Waals surface area contributed by atoms with Crippen LogP contribution in [0.4, 0.5) is 0 Å². The van der Waals surface area contributed by atoms with Crippen molar-refractivity contribution in [2.24, 2.45) is 16.8 Å². The summed E-state index contributed by atoms with van der Waals surface area (Å²) < 4.78 is 0. The van der Waals surface area contributed by atoms with Gasteiger partial charge < -0.3 is 16.3 Å². The van der Waals surface area contributed by atoms with Crippen LogP contribution in [0.25, 0.3) is 0 Å². The number of thioether (sulfide) groups is 1. The maximum Gasteiger partial charge on any atom is 0.233 e. The Hall–Kier alpha value is -0.910. The molecule has 0 aromatic heterocycles. The third kappa shape index (κ3) is 3.28. The second-order valence-electron chi connectivity index (χ2n) is 4.70. The van der Waals surface area contributed by atoms with E-state index in [1.165, 1.54) is 6.42 Å². The van der Waals surface area contributed by atoms with Gasteiger partial charge in [0, 0.05) is 0 Å². The summed E-state index contributed by atoms with van der Waals surface area (Å²) in [4.78, 5) is 12.0. The van der Waals surface area contributed by atoms with Gasteiger partial charge in [-0.15, -0.1) is 11.8 Å². The third-order valence-corrected chi connectivity index (χ3v) is 4.67. The Morgan fingerprint density at radius 2 is 2.18 bits per heavy atom. The average molecular weight is 257 g/mol. The zero-order valence-corrected chi connectivity index (χ0v) is 10.6. The smallest absolute Gasteiger partial charge is 0.233 e. The van der Waals surface area contributed by atoms with E-state index >= 15 is 0 Å². The van der Waals surface area contributed by atoms with Gasteiger partial charge in [0.25, 0.3) is 0 Å². The highest BCUT2D eigenvalue weighted by Crippen LogP contribution is 2.33. The normalized spacial score (nSPS) is 27.5. The summed E-state index contributed by atoms with van der Waals surface area (Å²) in [6.07, 6.45) is 5.32. The van der Waals surface area contributed by atoms with Gasteiger partial charge in [-0.3, -0.25) is 4.79 Å². The second-order valence-corrected chi connectivity index (χ2v) is 6.01. The number of rotatable bonds is 4. The van der Waals surface area contributed by atoms with Crippen LogP contribution >= 0.6 is 11.8 Å². The molecule has 5 nitrogen and oxygen atoms in total. The molecule has 1 heterocycles. The lowest BCUT2D eigenvalue weighted by atomic mass is 10.1. The van der Waals surface area contributed by atoms with Crippen LogP contribution < -0.4 is 11.1 Å². The van der Waals surface area contributed by atoms with Crippen molar-refractivity contribution in [2.45, 2.75) is 43.4 Å². The summed E-state index contributed by atoms with van der Waals surface area (Å²) in [5.74, 6) is 1.57. The summed E-state index contributed by atoms with van der Waals surface area (Å²) in [6.45, 7) is 0. The Morgan fingerprint density at radius 1 is 1.41 bits per heavy atom. The molecule has 2 unspecified atom stereocenters. The topological polar surface area (TPSA) is 87.7 Å². The summed E-state index contributed by atoms with van der Waals surface area (Å²) >= 11 is 1.71. The highest BCUT2D eigenvalue weighted by atomic mass is 32.2.